The molecule has 90 valence electrons. The van der Waals surface area contributed by atoms with Crippen LogP contribution in [0.5, 0.6) is 0 Å². The average Bonchev–Trinajstić information content (AvgIpc) is 2.59. The van der Waals surface area contributed by atoms with E-state index in [9.17, 15) is 8.42 Å². The molecule has 0 bridgehead atoms. The largest absolute Gasteiger partial charge is 0.281 e. The molecule has 2 rings (SSSR count). The number of hydrogen-bond donors (Lipinski definition) is 2. The number of rotatable bonds is 4. The topological polar surface area (TPSA) is 74.8 Å². The number of nitrogens with one attached hydrogen (secondary N) is 2. The molecule has 0 unspecified atom stereocenters. The van der Waals surface area contributed by atoms with Crippen molar-refractivity contribution in [1.29, 1.82) is 0 Å². The summed E-state index contributed by atoms with van der Waals surface area (Å²) in [5, 5.41) is 7.01. The fraction of sp³-hybridized carbons (Fsp3) is 0.667. The van der Waals surface area contributed by atoms with Crippen LogP contribution in [0.4, 0.5) is 0 Å². The predicted octanol–water partition coefficient (Wildman–Crippen LogP) is 1.31. The maximum atomic E-state index is 12.1. The Morgan fingerprint density at radius 2 is 2.31 bits per heavy atom. The Kier molecular flexibility index (Phi) is 3.11. The number of nitrogens with zero attached hydrogens (tertiary/aromatic N) is 1. The summed E-state index contributed by atoms with van der Waals surface area (Å²) in [6, 6.07) is 0. The summed E-state index contributed by atoms with van der Waals surface area (Å²) >= 11 is 3.37. The van der Waals surface area contributed by atoms with E-state index in [1.54, 1.807) is 6.92 Å². The van der Waals surface area contributed by atoms with E-state index in [2.05, 4.69) is 30.8 Å². The Morgan fingerprint density at radius 3 is 2.69 bits per heavy atom. The van der Waals surface area contributed by atoms with Crippen LogP contribution in [-0.4, -0.2) is 29.5 Å². The summed E-state index contributed by atoms with van der Waals surface area (Å²) in [6.45, 7) is 1.70. The normalized spacial score (nSPS) is 19.4. The summed E-state index contributed by atoms with van der Waals surface area (Å²) in [6.07, 6.45) is 4.18. The van der Waals surface area contributed by atoms with E-state index >= 15 is 0 Å². The monoisotopic (exact) mass is 307 g/mol. The number of aryl methyl sites for hydroxylation is 1. The predicted molar refractivity (Wildman–Crippen MR) is 64.0 cm³/mol. The number of aromatic amines is 1. The van der Waals surface area contributed by atoms with Crippen molar-refractivity contribution in [2.45, 2.75) is 36.6 Å². The molecule has 16 heavy (non-hydrogen) atoms. The van der Waals surface area contributed by atoms with Crippen LogP contribution in [0, 0.1) is 6.92 Å². The first kappa shape index (κ1) is 12.1. The minimum Gasteiger partial charge on any atom is -0.281 e. The summed E-state index contributed by atoms with van der Waals surface area (Å²) in [4.78, 5) is 0.236. The van der Waals surface area contributed by atoms with Gasteiger partial charge in [-0.25, -0.2) is 13.1 Å². The Balaban J connectivity index is 2.24. The molecule has 0 radical (unpaired) electrons. The van der Waals surface area contributed by atoms with Gasteiger partial charge in [-0.05, 0) is 26.2 Å². The average molecular weight is 308 g/mol. The lowest BCUT2D eigenvalue weighted by molar-refractivity contribution is 0.256. The quantitative estimate of drug-likeness (QED) is 0.824. The number of hydrogen-bond acceptors (Lipinski definition) is 3. The third-order valence-corrected chi connectivity index (χ3v) is 5.76. The van der Waals surface area contributed by atoms with Gasteiger partial charge in [-0.2, -0.15) is 5.10 Å². The Morgan fingerprint density at radius 1 is 1.62 bits per heavy atom. The van der Waals surface area contributed by atoms with Gasteiger partial charge < -0.3 is 0 Å². The molecule has 1 aromatic heterocycles. The molecular formula is C9H14BrN3O2S. The summed E-state index contributed by atoms with van der Waals surface area (Å²) in [5.74, 6) is 0. The zero-order chi connectivity index (χ0) is 11.8. The highest BCUT2D eigenvalue weighted by atomic mass is 79.9. The third-order valence-electron chi connectivity index (χ3n) is 2.99. The van der Waals surface area contributed by atoms with Crippen molar-refractivity contribution in [2.24, 2.45) is 0 Å². The summed E-state index contributed by atoms with van der Waals surface area (Å²) < 4.78 is 26.9. The molecule has 1 aliphatic carbocycles. The van der Waals surface area contributed by atoms with E-state index in [-0.39, 0.29) is 10.4 Å². The third kappa shape index (κ3) is 2.03. The van der Waals surface area contributed by atoms with Gasteiger partial charge in [0.2, 0.25) is 10.0 Å². The lowest BCUT2D eigenvalue weighted by Crippen LogP contribution is -2.54. The van der Waals surface area contributed by atoms with Crippen molar-refractivity contribution in [2.75, 3.05) is 5.33 Å². The summed E-state index contributed by atoms with van der Waals surface area (Å²) in [5.41, 5.74) is 0.263. The van der Waals surface area contributed by atoms with Crippen LogP contribution in [0.25, 0.3) is 0 Å². The first-order valence-electron chi connectivity index (χ1n) is 5.09. The van der Waals surface area contributed by atoms with Crippen LogP contribution in [0.15, 0.2) is 11.1 Å². The Labute approximate surface area is 103 Å². The highest BCUT2D eigenvalue weighted by Gasteiger charge is 2.40. The zero-order valence-corrected chi connectivity index (χ0v) is 11.4. The van der Waals surface area contributed by atoms with Crippen molar-refractivity contribution in [1.82, 2.24) is 14.9 Å². The fourth-order valence-corrected chi connectivity index (χ4v) is 4.30. The van der Waals surface area contributed by atoms with Crippen LogP contribution in [0.2, 0.25) is 0 Å². The van der Waals surface area contributed by atoms with Gasteiger partial charge in [-0.15, -0.1) is 0 Å². The molecule has 0 spiro atoms. The maximum absolute atomic E-state index is 12.1. The van der Waals surface area contributed by atoms with E-state index < -0.39 is 10.0 Å². The molecule has 0 aromatic carbocycles. The number of sulfonamides is 1. The van der Waals surface area contributed by atoms with E-state index in [4.69, 9.17) is 0 Å². The van der Waals surface area contributed by atoms with Gasteiger partial charge >= 0.3 is 0 Å². The summed E-state index contributed by atoms with van der Waals surface area (Å²) in [7, 11) is -3.45. The van der Waals surface area contributed by atoms with Crippen LogP contribution in [-0.2, 0) is 10.0 Å². The molecular weight excluding hydrogens is 294 g/mol. The van der Waals surface area contributed by atoms with E-state index in [1.807, 2.05) is 0 Å². The Hall–Kier alpha value is -0.400. The van der Waals surface area contributed by atoms with E-state index in [0.717, 1.165) is 19.3 Å². The second kappa shape index (κ2) is 4.12. The molecule has 0 aliphatic heterocycles. The molecule has 5 nitrogen and oxygen atoms in total. The molecule has 1 fully saturated rings. The van der Waals surface area contributed by atoms with Crippen LogP contribution < -0.4 is 4.72 Å². The Bertz CT molecular complexity index is 473. The minimum atomic E-state index is -3.45. The van der Waals surface area contributed by atoms with Crippen molar-refractivity contribution in [3.63, 3.8) is 0 Å². The van der Waals surface area contributed by atoms with Crippen molar-refractivity contribution >= 4 is 26.0 Å². The van der Waals surface area contributed by atoms with Crippen molar-refractivity contribution in [3.05, 3.63) is 11.9 Å². The lowest BCUT2D eigenvalue weighted by Gasteiger charge is -2.40. The zero-order valence-electron chi connectivity index (χ0n) is 8.96. The van der Waals surface area contributed by atoms with E-state index in [0.29, 0.717) is 11.0 Å². The maximum Gasteiger partial charge on any atom is 0.244 e. The van der Waals surface area contributed by atoms with E-state index in [1.165, 1.54) is 6.20 Å². The molecule has 7 heteroatoms. The van der Waals surface area contributed by atoms with Crippen LogP contribution in [0.1, 0.15) is 25.0 Å². The van der Waals surface area contributed by atoms with Gasteiger partial charge in [0, 0.05) is 10.9 Å². The van der Waals surface area contributed by atoms with Gasteiger partial charge in [-0.3, -0.25) is 5.10 Å². The van der Waals surface area contributed by atoms with Crippen LogP contribution >= 0.6 is 15.9 Å². The van der Waals surface area contributed by atoms with Gasteiger partial charge in [0.25, 0.3) is 0 Å². The molecule has 0 amide bonds. The van der Waals surface area contributed by atoms with Gasteiger partial charge in [0.05, 0.1) is 11.9 Å². The van der Waals surface area contributed by atoms with Crippen LogP contribution in [0.3, 0.4) is 0 Å². The second-order valence-corrected chi connectivity index (χ2v) is 6.44. The number of H-pyrrole nitrogens is 1. The molecule has 0 saturated heterocycles. The highest BCUT2D eigenvalue weighted by molar-refractivity contribution is 9.09. The fourth-order valence-electron chi connectivity index (χ4n) is 1.82. The minimum absolute atomic E-state index is 0.236. The standard InChI is InChI=1S/C9H14BrN3O2S/c1-7-8(5-11-12-7)16(14,15)13-9(6-10)3-2-4-9/h5,13H,2-4,6H2,1H3,(H,11,12). The molecule has 2 N–H and O–H groups in total. The van der Waals surface area contributed by atoms with Crippen molar-refractivity contribution < 1.29 is 8.42 Å². The smallest absolute Gasteiger partial charge is 0.244 e. The second-order valence-electron chi connectivity index (χ2n) is 4.23. The highest BCUT2D eigenvalue weighted by Crippen LogP contribution is 2.35. The van der Waals surface area contributed by atoms with Gasteiger partial charge in [-0.1, -0.05) is 15.9 Å². The molecule has 1 aliphatic rings. The number of halogens is 1. The first-order valence-corrected chi connectivity index (χ1v) is 7.69. The molecule has 1 aromatic rings. The molecule has 0 atom stereocenters. The number of alkyl halides is 1. The SMILES string of the molecule is Cc1[nH]ncc1S(=O)(=O)NC1(CBr)CCC1. The van der Waals surface area contributed by atoms with Crippen molar-refractivity contribution in [3.8, 4) is 0 Å². The lowest BCUT2D eigenvalue weighted by atomic mass is 9.80. The van der Waals surface area contributed by atoms with Gasteiger partial charge in [0.1, 0.15) is 4.90 Å². The molecule has 1 saturated carbocycles. The number of aromatic nitrogens is 2. The molecule has 1 heterocycles. The van der Waals surface area contributed by atoms with Gasteiger partial charge in [0.15, 0.2) is 0 Å². The first-order chi connectivity index (χ1) is 7.49.